The molecule has 6 nitrogen and oxygen atoms in total. The highest BCUT2D eigenvalue weighted by Gasteiger charge is 2.32. The molecular weight excluding hydrogens is 484 g/mol. The van der Waals surface area contributed by atoms with Crippen molar-refractivity contribution in [2.45, 2.75) is 32.4 Å². The van der Waals surface area contributed by atoms with E-state index in [4.69, 9.17) is 5.73 Å². The van der Waals surface area contributed by atoms with Gasteiger partial charge in [-0.05, 0) is 36.1 Å². The van der Waals surface area contributed by atoms with E-state index >= 15 is 0 Å². The summed E-state index contributed by atoms with van der Waals surface area (Å²) in [5.41, 5.74) is 6.90. The normalized spacial score (nSPS) is 12.8. The SMILES string of the molecule is CCC(C)c1ccc(NC(N)=NCCNc2nccc(C(F)(F)F)n2)cc1.I. The molecule has 28 heavy (non-hydrogen) atoms. The van der Waals surface area contributed by atoms with Gasteiger partial charge in [-0.2, -0.15) is 13.2 Å². The van der Waals surface area contributed by atoms with E-state index < -0.39 is 11.9 Å². The van der Waals surface area contributed by atoms with Crippen LogP contribution in [0.4, 0.5) is 24.8 Å². The minimum atomic E-state index is -4.50. The lowest BCUT2D eigenvalue weighted by atomic mass is 9.99. The Kier molecular flexibility index (Phi) is 9.42. The average molecular weight is 508 g/mol. The van der Waals surface area contributed by atoms with Crippen LogP contribution in [0.15, 0.2) is 41.5 Å². The van der Waals surface area contributed by atoms with Crippen molar-refractivity contribution in [2.24, 2.45) is 10.7 Å². The molecule has 1 atom stereocenters. The number of halogens is 4. The fourth-order valence-electron chi connectivity index (χ4n) is 2.26. The topological polar surface area (TPSA) is 88.2 Å². The Morgan fingerprint density at radius 2 is 1.89 bits per heavy atom. The molecule has 0 radical (unpaired) electrons. The number of nitrogens with one attached hydrogen (secondary N) is 2. The van der Waals surface area contributed by atoms with E-state index in [1.54, 1.807) is 0 Å². The van der Waals surface area contributed by atoms with E-state index in [1.165, 1.54) is 5.56 Å². The summed E-state index contributed by atoms with van der Waals surface area (Å²) in [5.74, 6) is 0.611. The Labute approximate surface area is 179 Å². The summed E-state index contributed by atoms with van der Waals surface area (Å²) in [6.45, 7) is 4.80. The number of aliphatic imine (C=N–C) groups is 1. The summed E-state index contributed by atoms with van der Waals surface area (Å²) < 4.78 is 37.8. The quantitative estimate of drug-likeness (QED) is 0.223. The summed E-state index contributed by atoms with van der Waals surface area (Å²) in [5, 5.41) is 5.66. The van der Waals surface area contributed by atoms with Gasteiger partial charge in [-0.1, -0.05) is 26.0 Å². The van der Waals surface area contributed by atoms with Gasteiger partial charge in [0.05, 0.1) is 6.54 Å². The first-order chi connectivity index (χ1) is 12.8. The van der Waals surface area contributed by atoms with Gasteiger partial charge in [0.15, 0.2) is 5.96 Å². The fourth-order valence-corrected chi connectivity index (χ4v) is 2.26. The van der Waals surface area contributed by atoms with Crippen molar-refractivity contribution in [1.29, 1.82) is 0 Å². The Bertz CT molecular complexity index is 765. The number of hydrogen-bond donors (Lipinski definition) is 3. The number of aromatic nitrogens is 2. The predicted molar refractivity (Wildman–Crippen MR) is 116 cm³/mol. The Hall–Kier alpha value is -2.11. The molecule has 1 aromatic carbocycles. The molecule has 10 heteroatoms. The summed E-state index contributed by atoms with van der Waals surface area (Å²) in [6.07, 6.45) is -2.38. The first-order valence-corrected chi connectivity index (χ1v) is 8.60. The Balaban J connectivity index is 0.00000392. The van der Waals surface area contributed by atoms with E-state index in [0.717, 1.165) is 24.4 Å². The Morgan fingerprint density at radius 3 is 2.50 bits per heavy atom. The molecule has 0 fully saturated rings. The third-order valence-electron chi connectivity index (χ3n) is 3.99. The van der Waals surface area contributed by atoms with Gasteiger partial charge in [0.25, 0.3) is 0 Å². The van der Waals surface area contributed by atoms with Crippen molar-refractivity contribution in [1.82, 2.24) is 9.97 Å². The van der Waals surface area contributed by atoms with E-state index in [-0.39, 0.29) is 49.0 Å². The third kappa shape index (κ3) is 7.49. The maximum absolute atomic E-state index is 12.6. The summed E-state index contributed by atoms with van der Waals surface area (Å²) in [6, 6.07) is 8.75. The van der Waals surface area contributed by atoms with Crippen LogP contribution in [0.2, 0.25) is 0 Å². The maximum Gasteiger partial charge on any atom is 0.433 e. The number of rotatable bonds is 7. The number of guanidine groups is 1. The summed E-state index contributed by atoms with van der Waals surface area (Å²) >= 11 is 0. The van der Waals surface area contributed by atoms with Crippen molar-refractivity contribution >= 4 is 41.6 Å². The molecule has 4 N–H and O–H groups in total. The van der Waals surface area contributed by atoms with E-state index in [9.17, 15) is 13.2 Å². The highest BCUT2D eigenvalue weighted by atomic mass is 127. The molecule has 1 heterocycles. The number of alkyl halides is 3. The molecule has 0 amide bonds. The van der Waals surface area contributed by atoms with Crippen molar-refractivity contribution in [3.8, 4) is 0 Å². The average Bonchev–Trinajstić information content (AvgIpc) is 2.65. The zero-order chi connectivity index (χ0) is 19.9. The lowest BCUT2D eigenvalue weighted by Crippen LogP contribution is -2.24. The fraction of sp³-hybridized carbons (Fsp3) is 0.389. The first-order valence-electron chi connectivity index (χ1n) is 8.60. The van der Waals surface area contributed by atoms with Gasteiger partial charge in [0.1, 0.15) is 5.69 Å². The molecular formula is C18H24F3IN6. The second-order valence-electron chi connectivity index (χ2n) is 6.01. The van der Waals surface area contributed by atoms with Gasteiger partial charge < -0.3 is 16.4 Å². The van der Waals surface area contributed by atoms with Crippen LogP contribution < -0.4 is 16.4 Å². The molecule has 2 aromatic rings. The minimum absolute atomic E-state index is 0. The van der Waals surface area contributed by atoms with E-state index in [2.05, 4.69) is 39.4 Å². The van der Waals surface area contributed by atoms with Crippen LogP contribution in [0.1, 0.15) is 37.4 Å². The predicted octanol–water partition coefficient (Wildman–Crippen LogP) is 4.47. The molecule has 0 aliphatic carbocycles. The van der Waals surface area contributed by atoms with E-state index in [1.807, 2.05) is 24.3 Å². The van der Waals surface area contributed by atoms with Crippen LogP contribution in [0.5, 0.6) is 0 Å². The number of nitrogens with zero attached hydrogens (tertiary/aromatic N) is 3. The lowest BCUT2D eigenvalue weighted by Gasteiger charge is -2.11. The number of benzene rings is 1. The second-order valence-corrected chi connectivity index (χ2v) is 6.01. The van der Waals surface area contributed by atoms with Crippen LogP contribution in [0.3, 0.4) is 0 Å². The molecule has 0 spiro atoms. The van der Waals surface area contributed by atoms with Crippen LogP contribution in [-0.2, 0) is 6.18 Å². The smallest absolute Gasteiger partial charge is 0.370 e. The van der Waals surface area contributed by atoms with Gasteiger partial charge in [-0.15, -0.1) is 24.0 Å². The summed E-state index contributed by atoms with van der Waals surface area (Å²) in [4.78, 5) is 11.3. The van der Waals surface area contributed by atoms with Gasteiger partial charge in [0.2, 0.25) is 5.95 Å². The van der Waals surface area contributed by atoms with Crippen molar-refractivity contribution in [3.63, 3.8) is 0 Å². The summed E-state index contributed by atoms with van der Waals surface area (Å²) in [7, 11) is 0. The first kappa shape index (κ1) is 23.9. The van der Waals surface area contributed by atoms with Crippen molar-refractivity contribution in [3.05, 3.63) is 47.8 Å². The second kappa shape index (κ2) is 11.0. The largest absolute Gasteiger partial charge is 0.433 e. The molecule has 1 aromatic heterocycles. The molecule has 154 valence electrons. The molecule has 2 rings (SSSR count). The van der Waals surface area contributed by atoms with Gasteiger partial charge >= 0.3 is 6.18 Å². The van der Waals surface area contributed by atoms with Crippen LogP contribution in [0.25, 0.3) is 0 Å². The molecule has 0 saturated heterocycles. The van der Waals surface area contributed by atoms with Gasteiger partial charge in [-0.3, -0.25) is 4.99 Å². The maximum atomic E-state index is 12.6. The molecule has 0 bridgehead atoms. The molecule has 0 aliphatic heterocycles. The number of anilines is 2. The molecule has 1 unspecified atom stereocenters. The van der Waals surface area contributed by atoms with Gasteiger partial charge in [-0.25, -0.2) is 9.97 Å². The standard InChI is InChI=1S/C18H23F3N6.HI/c1-3-12(2)13-4-6-14(7-5-13)26-16(22)23-10-11-25-17-24-9-8-15(27-17)18(19,20)21;/h4-9,12H,3,10-11H2,1-2H3,(H3,22,23,26)(H,24,25,27);1H. The van der Waals surface area contributed by atoms with Crippen LogP contribution >= 0.6 is 24.0 Å². The highest BCUT2D eigenvalue weighted by Crippen LogP contribution is 2.27. The number of hydrogen-bond acceptors (Lipinski definition) is 4. The van der Waals surface area contributed by atoms with E-state index in [0.29, 0.717) is 5.92 Å². The van der Waals surface area contributed by atoms with Crippen molar-refractivity contribution in [2.75, 3.05) is 23.7 Å². The number of nitrogens with two attached hydrogens (primary N) is 1. The van der Waals surface area contributed by atoms with Crippen LogP contribution in [0, 0.1) is 0 Å². The van der Waals surface area contributed by atoms with Crippen molar-refractivity contribution < 1.29 is 13.2 Å². The Morgan fingerprint density at radius 1 is 1.21 bits per heavy atom. The zero-order valence-electron chi connectivity index (χ0n) is 15.6. The highest BCUT2D eigenvalue weighted by molar-refractivity contribution is 14.0. The molecule has 0 saturated carbocycles. The third-order valence-corrected chi connectivity index (χ3v) is 3.99. The minimum Gasteiger partial charge on any atom is -0.370 e. The lowest BCUT2D eigenvalue weighted by molar-refractivity contribution is -0.141. The monoisotopic (exact) mass is 508 g/mol. The zero-order valence-corrected chi connectivity index (χ0v) is 18.0. The van der Waals surface area contributed by atoms with Gasteiger partial charge in [0, 0.05) is 18.4 Å². The van der Waals surface area contributed by atoms with Crippen LogP contribution in [-0.4, -0.2) is 29.0 Å². The molecule has 0 aliphatic rings.